The zero-order chi connectivity index (χ0) is 20.6. The SMILES string of the molecule is Cc1ccc2c(c1)C(=O)NCC1(CCC(N(C)S(=O)(=O)c3ccccc3)CC1)O2. The van der Waals surface area contributed by atoms with E-state index in [9.17, 15) is 13.2 Å². The second-order valence-electron chi connectivity index (χ2n) is 8.03. The first kappa shape index (κ1) is 19.9. The fraction of sp³-hybridized carbons (Fsp3) is 0.409. The van der Waals surface area contributed by atoms with E-state index in [1.54, 1.807) is 37.4 Å². The van der Waals surface area contributed by atoms with Crippen LogP contribution in [0.2, 0.25) is 0 Å². The van der Waals surface area contributed by atoms with Crippen molar-refractivity contribution in [3.8, 4) is 5.75 Å². The smallest absolute Gasteiger partial charge is 0.255 e. The minimum absolute atomic E-state index is 0.0918. The maximum absolute atomic E-state index is 12.9. The van der Waals surface area contributed by atoms with Crippen LogP contribution in [0, 0.1) is 6.92 Å². The Kier molecular flexibility index (Phi) is 5.12. The van der Waals surface area contributed by atoms with E-state index in [0.29, 0.717) is 48.4 Å². The van der Waals surface area contributed by atoms with Gasteiger partial charge in [-0.1, -0.05) is 29.8 Å². The van der Waals surface area contributed by atoms with Crippen LogP contribution in [0.3, 0.4) is 0 Å². The largest absolute Gasteiger partial charge is 0.485 e. The highest BCUT2D eigenvalue weighted by atomic mass is 32.2. The first-order chi connectivity index (χ1) is 13.8. The van der Waals surface area contributed by atoms with Crippen LogP contribution in [0.5, 0.6) is 5.75 Å². The third-order valence-electron chi connectivity index (χ3n) is 6.08. The van der Waals surface area contributed by atoms with Gasteiger partial charge in [0.15, 0.2) is 0 Å². The Labute approximate surface area is 171 Å². The van der Waals surface area contributed by atoms with Crippen molar-refractivity contribution in [1.82, 2.24) is 9.62 Å². The maximum Gasteiger partial charge on any atom is 0.255 e. The Morgan fingerprint density at radius 3 is 2.48 bits per heavy atom. The summed E-state index contributed by atoms with van der Waals surface area (Å²) in [5.74, 6) is 0.487. The van der Waals surface area contributed by atoms with Gasteiger partial charge in [-0.2, -0.15) is 4.31 Å². The van der Waals surface area contributed by atoms with Crippen molar-refractivity contribution in [1.29, 1.82) is 0 Å². The molecule has 0 saturated heterocycles. The third-order valence-corrected chi connectivity index (χ3v) is 8.00. The van der Waals surface area contributed by atoms with Crippen LogP contribution in [0.4, 0.5) is 0 Å². The first-order valence-electron chi connectivity index (χ1n) is 9.92. The lowest BCUT2D eigenvalue weighted by Gasteiger charge is -2.41. The van der Waals surface area contributed by atoms with Gasteiger partial charge in [0.1, 0.15) is 11.4 Å². The lowest BCUT2D eigenvalue weighted by Crippen LogP contribution is -2.51. The number of aryl methyl sites for hydroxylation is 1. The second kappa shape index (κ2) is 7.46. The molecule has 0 radical (unpaired) electrons. The van der Waals surface area contributed by atoms with E-state index >= 15 is 0 Å². The monoisotopic (exact) mass is 414 g/mol. The molecule has 4 rings (SSSR count). The predicted octanol–water partition coefficient (Wildman–Crippen LogP) is 3.12. The van der Waals surface area contributed by atoms with Crippen molar-refractivity contribution in [2.75, 3.05) is 13.6 Å². The van der Waals surface area contributed by atoms with Crippen LogP contribution < -0.4 is 10.1 Å². The van der Waals surface area contributed by atoms with Gasteiger partial charge in [0, 0.05) is 13.1 Å². The molecule has 0 bridgehead atoms. The lowest BCUT2D eigenvalue weighted by atomic mass is 9.82. The van der Waals surface area contributed by atoms with E-state index in [4.69, 9.17) is 4.74 Å². The van der Waals surface area contributed by atoms with Crippen molar-refractivity contribution in [2.45, 2.75) is 49.1 Å². The summed E-state index contributed by atoms with van der Waals surface area (Å²) in [4.78, 5) is 12.8. The lowest BCUT2D eigenvalue weighted by molar-refractivity contribution is 0.0196. The van der Waals surface area contributed by atoms with E-state index in [2.05, 4.69) is 5.32 Å². The fourth-order valence-electron chi connectivity index (χ4n) is 4.24. The summed E-state index contributed by atoms with van der Waals surface area (Å²) in [6.45, 7) is 2.38. The molecule has 0 aromatic heterocycles. The summed E-state index contributed by atoms with van der Waals surface area (Å²) >= 11 is 0. The van der Waals surface area contributed by atoms with Crippen LogP contribution in [0.1, 0.15) is 41.6 Å². The molecule has 6 nitrogen and oxygen atoms in total. The van der Waals surface area contributed by atoms with Gasteiger partial charge >= 0.3 is 0 Å². The van der Waals surface area contributed by atoms with Gasteiger partial charge in [-0.05, 0) is 56.9 Å². The molecule has 1 aliphatic heterocycles. The molecular weight excluding hydrogens is 388 g/mol. The molecule has 1 amide bonds. The normalized spacial score (nSPS) is 24.5. The van der Waals surface area contributed by atoms with Gasteiger partial charge in [0.25, 0.3) is 5.91 Å². The van der Waals surface area contributed by atoms with Gasteiger partial charge < -0.3 is 10.1 Å². The number of benzene rings is 2. The van der Waals surface area contributed by atoms with E-state index in [1.807, 2.05) is 25.1 Å². The zero-order valence-corrected chi connectivity index (χ0v) is 17.5. The summed E-state index contributed by atoms with van der Waals surface area (Å²) < 4.78 is 33.7. The molecule has 0 unspecified atom stereocenters. The number of sulfonamides is 1. The van der Waals surface area contributed by atoms with E-state index < -0.39 is 15.6 Å². The third kappa shape index (κ3) is 3.76. The molecule has 7 heteroatoms. The Balaban J connectivity index is 1.50. The predicted molar refractivity (Wildman–Crippen MR) is 111 cm³/mol. The van der Waals surface area contributed by atoms with Crippen molar-refractivity contribution < 1.29 is 17.9 Å². The zero-order valence-electron chi connectivity index (χ0n) is 16.7. The number of fused-ring (bicyclic) bond motifs is 1. The van der Waals surface area contributed by atoms with Gasteiger partial charge in [0.2, 0.25) is 10.0 Å². The van der Waals surface area contributed by atoms with Crippen molar-refractivity contribution >= 4 is 15.9 Å². The highest BCUT2D eigenvalue weighted by Crippen LogP contribution is 2.38. The standard InChI is InChI=1S/C22H26N2O4S/c1-16-8-9-20-19(14-16)21(25)23-15-22(28-20)12-10-17(11-13-22)24(2)29(26,27)18-6-4-3-5-7-18/h3-9,14,17H,10-13,15H2,1-2H3,(H,23,25). The average Bonchev–Trinajstić information content (AvgIpc) is 2.86. The molecule has 1 fully saturated rings. The molecule has 29 heavy (non-hydrogen) atoms. The minimum atomic E-state index is -3.53. The van der Waals surface area contributed by atoms with Crippen LogP contribution >= 0.6 is 0 Å². The Bertz CT molecular complexity index is 1010. The van der Waals surface area contributed by atoms with Crippen molar-refractivity contribution in [2.24, 2.45) is 0 Å². The maximum atomic E-state index is 12.9. The number of ether oxygens (including phenoxy) is 1. The number of nitrogens with one attached hydrogen (secondary N) is 1. The Hall–Kier alpha value is -2.38. The molecule has 1 aliphatic carbocycles. The average molecular weight is 415 g/mol. The summed E-state index contributed by atoms with van der Waals surface area (Å²) in [6, 6.07) is 14.1. The second-order valence-corrected chi connectivity index (χ2v) is 10.0. The van der Waals surface area contributed by atoms with Crippen molar-refractivity contribution in [3.05, 3.63) is 59.7 Å². The van der Waals surface area contributed by atoms with Crippen LogP contribution in [-0.4, -0.2) is 43.9 Å². The molecule has 2 aliphatic rings. The number of carbonyl (C=O) groups is 1. The Morgan fingerprint density at radius 1 is 1.10 bits per heavy atom. The summed E-state index contributed by atoms with van der Waals surface area (Å²) in [6.07, 6.45) is 2.72. The summed E-state index contributed by atoms with van der Waals surface area (Å²) in [5.41, 5.74) is 1.08. The molecule has 2 aromatic rings. The van der Waals surface area contributed by atoms with Crippen LogP contribution in [-0.2, 0) is 10.0 Å². The fourth-order valence-corrected chi connectivity index (χ4v) is 5.68. The molecule has 1 saturated carbocycles. The minimum Gasteiger partial charge on any atom is -0.485 e. The highest BCUT2D eigenvalue weighted by molar-refractivity contribution is 7.89. The molecule has 1 N–H and O–H groups in total. The number of rotatable bonds is 3. The van der Waals surface area contributed by atoms with Gasteiger partial charge in [-0.25, -0.2) is 8.42 Å². The number of hydrogen-bond acceptors (Lipinski definition) is 4. The molecule has 0 atom stereocenters. The number of nitrogens with zero attached hydrogens (tertiary/aromatic N) is 1. The van der Waals surface area contributed by atoms with Gasteiger partial charge in [0.05, 0.1) is 17.0 Å². The van der Waals surface area contributed by atoms with E-state index in [0.717, 1.165) is 5.56 Å². The highest BCUT2D eigenvalue weighted by Gasteiger charge is 2.42. The van der Waals surface area contributed by atoms with Gasteiger partial charge in [-0.3, -0.25) is 4.79 Å². The van der Waals surface area contributed by atoms with Gasteiger partial charge in [-0.15, -0.1) is 0 Å². The molecule has 2 aromatic carbocycles. The topological polar surface area (TPSA) is 75.7 Å². The first-order valence-corrected chi connectivity index (χ1v) is 11.4. The number of hydrogen-bond donors (Lipinski definition) is 1. The van der Waals surface area contributed by atoms with Crippen molar-refractivity contribution in [3.63, 3.8) is 0 Å². The number of carbonyl (C=O) groups excluding carboxylic acids is 1. The molecule has 1 heterocycles. The molecule has 154 valence electrons. The van der Waals surface area contributed by atoms with E-state index in [-0.39, 0.29) is 11.9 Å². The van der Waals surface area contributed by atoms with E-state index in [1.165, 1.54) is 4.31 Å². The molecule has 1 spiro atoms. The quantitative estimate of drug-likeness (QED) is 0.837. The van der Waals surface area contributed by atoms with Crippen LogP contribution in [0.15, 0.2) is 53.4 Å². The number of amides is 1. The Morgan fingerprint density at radius 2 is 1.79 bits per heavy atom. The van der Waals surface area contributed by atoms with Crippen LogP contribution in [0.25, 0.3) is 0 Å². The summed E-state index contributed by atoms with van der Waals surface area (Å²) in [7, 11) is -1.88. The molecular formula is C22H26N2O4S. The summed E-state index contributed by atoms with van der Waals surface area (Å²) in [5, 5.41) is 2.99.